The van der Waals surface area contributed by atoms with Crippen molar-refractivity contribution in [2.45, 2.75) is 42.7 Å². The summed E-state index contributed by atoms with van der Waals surface area (Å²) in [4.78, 5) is 12.0. The Labute approximate surface area is 130 Å². The Balaban J connectivity index is 1.97. The first kappa shape index (κ1) is 15.3. The van der Waals surface area contributed by atoms with Crippen LogP contribution in [0.2, 0.25) is 0 Å². The average Bonchev–Trinajstić information content (AvgIpc) is 2.62. The molecule has 2 atom stereocenters. The third-order valence-corrected chi connectivity index (χ3v) is 6.40. The van der Waals surface area contributed by atoms with Gasteiger partial charge in [-0.05, 0) is 37.1 Å². The lowest BCUT2D eigenvalue weighted by Crippen LogP contribution is -2.50. The minimum Gasteiger partial charge on any atom is -0.497 e. The van der Waals surface area contributed by atoms with E-state index in [2.05, 4.69) is 5.32 Å². The molecule has 2 fully saturated rings. The van der Waals surface area contributed by atoms with Crippen molar-refractivity contribution in [3.05, 3.63) is 24.3 Å². The largest absolute Gasteiger partial charge is 0.497 e. The summed E-state index contributed by atoms with van der Waals surface area (Å²) in [5, 5.41) is 2.82. The van der Waals surface area contributed by atoms with E-state index in [-0.39, 0.29) is 29.3 Å². The van der Waals surface area contributed by atoms with Gasteiger partial charge >= 0.3 is 0 Å². The van der Waals surface area contributed by atoms with Crippen molar-refractivity contribution in [2.24, 2.45) is 0 Å². The summed E-state index contributed by atoms with van der Waals surface area (Å²) in [5.74, 6) is 0.552. The van der Waals surface area contributed by atoms with E-state index in [0.29, 0.717) is 12.3 Å². The molecule has 2 aliphatic rings. The number of carbonyl (C=O) groups is 1. The highest BCUT2D eigenvalue weighted by Crippen LogP contribution is 2.33. The summed E-state index contributed by atoms with van der Waals surface area (Å²) < 4.78 is 32.6. The maximum Gasteiger partial charge on any atom is 0.243 e. The van der Waals surface area contributed by atoms with Crippen LogP contribution in [-0.2, 0) is 14.8 Å². The summed E-state index contributed by atoms with van der Waals surface area (Å²) in [5.41, 5.74) is 0. The van der Waals surface area contributed by atoms with Crippen LogP contribution in [0.4, 0.5) is 0 Å². The fourth-order valence-corrected chi connectivity index (χ4v) is 5.17. The number of methoxy groups -OCH3 is 1. The van der Waals surface area contributed by atoms with Gasteiger partial charge in [0.05, 0.1) is 12.0 Å². The molecule has 120 valence electrons. The van der Waals surface area contributed by atoms with Crippen molar-refractivity contribution in [3.63, 3.8) is 0 Å². The lowest BCUT2D eigenvalue weighted by Gasteiger charge is -2.38. The van der Waals surface area contributed by atoms with Crippen LogP contribution in [-0.4, -0.2) is 44.4 Å². The van der Waals surface area contributed by atoms with Crippen LogP contribution in [0.1, 0.15) is 25.7 Å². The van der Waals surface area contributed by atoms with Crippen molar-refractivity contribution in [1.29, 1.82) is 0 Å². The molecule has 0 radical (unpaired) electrons. The van der Waals surface area contributed by atoms with E-state index < -0.39 is 10.0 Å². The Kier molecular flexibility index (Phi) is 4.10. The van der Waals surface area contributed by atoms with Crippen molar-refractivity contribution in [3.8, 4) is 5.75 Å². The molecule has 0 aliphatic carbocycles. The fraction of sp³-hybridized carbons (Fsp3) is 0.533. The third-order valence-electron chi connectivity index (χ3n) is 4.39. The molecule has 2 aliphatic heterocycles. The van der Waals surface area contributed by atoms with Crippen molar-refractivity contribution >= 4 is 15.9 Å². The van der Waals surface area contributed by atoms with Crippen LogP contribution >= 0.6 is 0 Å². The number of benzene rings is 1. The van der Waals surface area contributed by atoms with Crippen molar-refractivity contribution in [1.82, 2.24) is 9.62 Å². The van der Waals surface area contributed by atoms with E-state index in [1.807, 2.05) is 0 Å². The molecule has 0 spiro atoms. The first-order valence-electron chi connectivity index (χ1n) is 7.46. The van der Waals surface area contributed by atoms with Crippen LogP contribution in [0.25, 0.3) is 0 Å². The second-order valence-electron chi connectivity index (χ2n) is 5.76. The molecule has 1 amide bonds. The van der Waals surface area contributed by atoms with Crippen LogP contribution in [0.5, 0.6) is 5.75 Å². The quantitative estimate of drug-likeness (QED) is 0.904. The summed E-state index contributed by atoms with van der Waals surface area (Å²) in [7, 11) is -2.07. The maximum atomic E-state index is 13.0. The summed E-state index contributed by atoms with van der Waals surface area (Å²) in [6, 6.07) is 6.01. The number of nitrogens with zero attached hydrogens (tertiary/aromatic N) is 1. The fourth-order valence-electron chi connectivity index (χ4n) is 3.31. The second-order valence-corrected chi connectivity index (χ2v) is 7.60. The smallest absolute Gasteiger partial charge is 0.243 e. The molecule has 2 unspecified atom stereocenters. The van der Waals surface area contributed by atoms with Gasteiger partial charge in [-0.3, -0.25) is 4.79 Å². The number of hydrogen-bond acceptors (Lipinski definition) is 4. The molecule has 6 nitrogen and oxygen atoms in total. The zero-order valence-corrected chi connectivity index (χ0v) is 13.3. The predicted molar refractivity (Wildman–Crippen MR) is 81.1 cm³/mol. The van der Waals surface area contributed by atoms with Gasteiger partial charge in [-0.1, -0.05) is 6.42 Å². The molecule has 2 heterocycles. The first-order valence-corrected chi connectivity index (χ1v) is 8.90. The minimum atomic E-state index is -3.61. The Morgan fingerprint density at radius 3 is 2.55 bits per heavy atom. The van der Waals surface area contributed by atoms with E-state index in [4.69, 9.17) is 4.74 Å². The Morgan fingerprint density at radius 1 is 1.18 bits per heavy atom. The van der Waals surface area contributed by atoms with Crippen LogP contribution in [0, 0.1) is 0 Å². The Hall–Kier alpha value is -1.60. The van der Waals surface area contributed by atoms with E-state index in [0.717, 1.165) is 19.3 Å². The molecular weight excluding hydrogens is 304 g/mol. The lowest BCUT2D eigenvalue weighted by atomic mass is 9.98. The van der Waals surface area contributed by atoms with Crippen LogP contribution in [0.15, 0.2) is 29.2 Å². The van der Waals surface area contributed by atoms with Crippen molar-refractivity contribution < 1.29 is 17.9 Å². The van der Waals surface area contributed by atoms with Gasteiger partial charge in [0.15, 0.2) is 0 Å². The zero-order valence-electron chi connectivity index (χ0n) is 12.5. The van der Waals surface area contributed by atoms with Gasteiger partial charge in [0.2, 0.25) is 15.9 Å². The van der Waals surface area contributed by atoms with E-state index >= 15 is 0 Å². The second kappa shape index (κ2) is 5.89. The third kappa shape index (κ3) is 2.70. The maximum absolute atomic E-state index is 13.0. The van der Waals surface area contributed by atoms with Gasteiger partial charge in [0.1, 0.15) is 5.75 Å². The number of nitrogens with one attached hydrogen (secondary N) is 1. The minimum absolute atomic E-state index is 0.0654. The summed E-state index contributed by atoms with van der Waals surface area (Å²) >= 11 is 0. The first-order chi connectivity index (χ1) is 10.5. The molecule has 0 saturated carbocycles. The van der Waals surface area contributed by atoms with Gasteiger partial charge in [-0.2, -0.15) is 4.31 Å². The number of sulfonamides is 1. The molecule has 3 rings (SSSR count). The molecule has 7 heteroatoms. The number of amides is 1. The number of carbonyl (C=O) groups excluding carboxylic acids is 1. The normalized spacial score (nSPS) is 26.1. The van der Waals surface area contributed by atoms with Gasteiger partial charge in [-0.15, -0.1) is 0 Å². The SMILES string of the molecule is COc1ccc(S(=O)(=O)N2C3CCCC2CC(=O)NC3)cc1. The molecule has 1 aromatic rings. The zero-order chi connectivity index (χ0) is 15.7. The summed E-state index contributed by atoms with van der Waals surface area (Å²) in [6.45, 7) is 0.394. The number of ether oxygens (including phenoxy) is 1. The van der Waals surface area contributed by atoms with E-state index in [9.17, 15) is 13.2 Å². The Bertz CT molecular complexity index is 657. The highest BCUT2D eigenvalue weighted by Gasteiger charge is 2.42. The van der Waals surface area contributed by atoms with Gasteiger partial charge < -0.3 is 10.1 Å². The number of piperidine rings is 1. The average molecular weight is 324 g/mol. The van der Waals surface area contributed by atoms with Crippen LogP contribution in [0.3, 0.4) is 0 Å². The van der Waals surface area contributed by atoms with E-state index in [1.165, 1.54) is 0 Å². The van der Waals surface area contributed by atoms with Crippen LogP contribution < -0.4 is 10.1 Å². The molecule has 1 N–H and O–H groups in total. The number of hydrogen-bond donors (Lipinski definition) is 1. The monoisotopic (exact) mass is 324 g/mol. The van der Waals surface area contributed by atoms with Gasteiger partial charge in [-0.25, -0.2) is 8.42 Å². The molecule has 2 saturated heterocycles. The molecule has 0 aromatic heterocycles. The topological polar surface area (TPSA) is 75.7 Å². The molecular formula is C15H20N2O4S. The predicted octanol–water partition coefficient (Wildman–Crippen LogP) is 1.13. The number of fused-ring (bicyclic) bond motifs is 2. The standard InChI is InChI=1S/C15H20N2O4S/c1-21-13-5-7-14(8-6-13)22(19,20)17-11-3-2-4-12(17)10-16-15(18)9-11/h5-8,11-12H,2-4,9-10H2,1H3,(H,16,18). The van der Waals surface area contributed by atoms with Gasteiger partial charge in [0.25, 0.3) is 0 Å². The highest BCUT2D eigenvalue weighted by molar-refractivity contribution is 7.89. The van der Waals surface area contributed by atoms with E-state index in [1.54, 1.807) is 35.7 Å². The van der Waals surface area contributed by atoms with Gasteiger partial charge in [0, 0.05) is 25.0 Å². The molecule has 1 aromatic carbocycles. The lowest BCUT2D eigenvalue weighted by molar-refractivity contribution is -0.121. The highest BCUT2D eigenvalue weighted by atomic mass is 32.2. The molecule has 22 heavy (non-hydrogen) atoms. The summed E-state index contributed by atoms with van der Waals surface area (Å²) in [6.07, 6.45) is 2.72. The number of rotatable bonds is 3. The van der Waals surface area contributed by atoms with Crippen molar-refractivity contribution in [2.75, 3.05) is 13.7 Å². The molecule has 2 bridgehead atoms. The Morgan fingerprint density at radius 2 is 1.86 bits per heavy atom.